The SMILES string of the molecule is CNCc1cccc(S(=O)(=O)N2CCCN(C)CC2)c1C. The van der Waals surface area contributed by atoms with Gasteiger partial charge < -0.3 is 10.2 Å². The second-order valence-electron chi connectivity index (χ2n) is 5.63. The van der Waals surface area contributed by atoms with E-state index in [1.807, 2.05) is 33.2 Å². The molecule has 1 aliphatic rings. The third kappa shape index (κ3) is 3.63. The average Bonchev–Trinajstić information content (AvgIpc) is 2.66. The maximum absolute atomic E-state index is 12.9. The first kappa shape index (κ1) is 16.4. The van der Waals surface area contributed by atoms with Crippen molar-refractivity contribution in [2.75, 3.05) is 40.3 Å². The fourth-order valence-electron chi connectivity index (χ4n) is 2.72. The Kier molecular flexibility index (Phi) is 5.37. The lowest BCUT2D eigenvalue weighted by molar-refractivity contribution is 0.347. The summed E-state index contributed by atoms with van der Waals surface area (Å²) in [4.78, 5) is 2.62. The number of nitrogens with zero attached hydrogens (tertiary/aromatic N) is 2. The number of benzene rings is 1. The molecule has 0 atom stereocenters. The second kappa shape index (κ2) is 6.87. The number of rotatable bonds is 4. The Labute approximate surface area is 128 Å². The van der Waals surface area contributed by atoms with Gasteiger partial charge in [-0.05, 0) is 51.2 Å². The van der Waals surface area contributed by atoms with Gasteiger partial charge in [0, 0.05) is 26.2 Å². The minimum absolute atomic E-state index is 0.444. The molecule has 0 unspecified atom stereocenters. The number of sulfonamides is 1. The predicted octanol–water partition coefficient (Wildman–Crippen LogP) is 1.04. The van der Waals surface area contributed by atoms with Crippen LogP contribution in [0.2, 0.25) is 0 Å². The third-order valence-electron chi connectivity index (χ3n) is 4.06. The monoisotopic (exact) mass is 311 g/mol. The molecule has 0 spiro atoms. The van der Waals surface area contributed by atoms with E-state index >= 15 is 0 Å². The molecule has 0 aliphatic carbocycles. The number of nitrogens with one attached hydrogen (secondary N) is 1. The number of likely N-dealkylation sites (N-methyl/N-ethyl adjacent to an activating group) is 1. The summed E-state index contributed by atoms with van der Waals surface area (Å²) in [5.74, 6) is 0. The first-order valence-corrected chi connectivity index (χ1v) is 8.82. The van der Waals surface area contributed by atoms with Crippen molar-refractivity contribution in [1.82, 2.24) is 14.5 Å². The van der Waals surface area contributed by atoms with Crippen LogP contribution in [0.25, 0.3) is 0 Å². The van der Waals surface area contributed by atoms with Crippen molar-refractivity contribution in [2.45, 2.75) is 24.8 Å². The van der Waals surface area contributed by atoms with Gasteiger partial charge in [-0.25, -0.2) is 8.42 Å². The minimum Gasteiger partial charge on any atom is -0.316 e. The van der Waals surface area contributed by atoms with Gasteiger partial charge in [-0.1, -0.05) is 12.1 Å². The van der Waals surface area contributed by atoms with E-state index < -0.39 is 10.0 Å². The van der Waals surface area contributed by atoms with Crippen LogP contribution in [0.4, 0.5) is 0 Å². The zero-order valence-corrected chi connectivity index (χ0v) is 13.9. The summed E-state index contributed by atoms with van der Waals surface area (Å²) in [6.07, 6.45) is 0.880. The van der Waals surface area contributed by atoms with Crippen molar-refractivity contribution >= 4 is 10.0 Å². The van der Waals surface area contributed by atoms with Crippen molar-refractivity contribution in [3.8, 4) is 0 Å². The Morgan fingerprint density at radius 2 is 1.95 bits per heavy atom. The molecule has 1 aromatic rings. The fraction of sp³-hybridized carbons (Fsp3) is 0.600. The number of hydrogen-bond acceptors (Lipinski definition) is 4. The molecule has 0 saturated carbocycles. The summed E-state index contributed by atoms with van der Waals surface area (Å²) >= 11 is 0. The van der Waals surface area contributed by atoms with Gasteiger partial charge in [-0.3, -0.25) is 0 Å². The van der Waals surface area contributed by atoms with Crippen LogP contribution in [0, 0.1) is 6.92 Å². The van der Waals surface area contributed by atoms with Crippen LogP contribution >= 0.6 is 0 Å². The first-order chi connectivity index (χ1) is 9.96. The molecule has 1 heterocycles. The maximum Gasteiger partial charge on any atom is 0.243 e. The number of hydrogen-bond donors (Lipinski definition) is 1. The largest absolute Gasteiger partial charge is 0.316 e. The molecule has 6 heteroatoms. The van der Waals surface area contributed by atoms with Crippen molar-refractivity contribution in [3.05, 3.63) is 29.3 Å². The molecule has 0 aromatic heterocycles. The van der Waals surface area contributed by atoms with Gasteiger partial charge in [0.15, 0.2) is 0 Å². The standard InChI is InChI=1S/C15H25N3O2S/c1-13-14(12-16-2)6-4-7-15(13)21(19,20)18-9-5-8-17(3)10-11-18/h4,6-7,16H,5,8-12H2,1-3H3. The van der Waals surface area contributed by atoms with E-state index in [2.05, 4.69) is 10.2 Å². The van der Waals surface area contributed by atoms with Gasteiger partial charge >= 0.3 is 0 Å². The highest BCUT2D eigenvalue weighted by Crippen LogP contribution is 2.23. The van der Waals surface area contributed by atoms with Gasteiger partial charge in [0.1, 0.15) is 0 Å². The topological polar surface area (TPSA) is 52.7 Å². The normalized spacial score (nSPS) is 18.6. The molecule has 21 heavy (non-hydrogen) atoms. The zero-order chi connectivity index (χ0) is 15.5. The molecule has 118 valence electrons. The Morgan fingerprint density at radius 1 is 1.19 bits per heavy atom. The zero-order valence-electron chi connectivity index (χ0n) is 13.1. The molecular weight excluding hydrogens is 286 g/mol. The Balaban J connectivity index is 2.33. The molecule has 1 aromatic carbocycles. The van der Waals surface area contributed by atoms with Gasteiger partial charge in [0.2, 0.25) is 10.0 Å². The average molecular weight is 311 g/mol. The summed E-state index contributed by atoms with van der Waals surface area (Å²) in [6.45, 7) is 5.47. The summed E-state index contributed by atoms with van der Waals surface area (Å²) in [5, 5.41) is 3.08. The van der Waals surface area contributed by atoms with Gasteiger partial charge in [-0.15, -0.1) is 0 Å². The lowest BCUT2D eigenvalue weighted by Gasteiger charge is -2.22. The minimum atomic E-state index is -3.40. The smallest absolute Gasteiger partial charge is 0.243 e. The third-order valence-corrected chi connectivity index (χ3v) is 6.10. The summed E-state index contributed by atoms with van der Waals surface area (Å²) in [5.41, 5.74) is 1.88. The Morgan fingerprint density at radius 3 is 2.67 bits per heavy atom. The molecular formula is C15H25N3O2S. The molecule has 0 radical (unpaired) electrons. The molecule has 1 aliphatic heterocycles. The Hall–Kier alpha value is -0.950. The molecule has 5 nitrogen and oxygen atoms in total. The highest BCUT2D eigenvalue weighted by Gasteiger charge is 2.27. The van der Waals surface area contributed by atoms with E-state index in [4.69, 9.17) is 0 Å². The maximum atomic E-state index is 12.9. The van der Waals surface area contributed by atoms with Crippen LogP contribution in [0.5, 0.6) is 0 Å². The lowest BCUT2D eigenvalue weighted by Crippen LogP contribution is -2.35. The summed E-state index contributed by atoms with van der Waals surface area (Å²) in [7, 11) is 0.502. The molecule has 0 bridgehead atoms. The quantitative estimate of drug-likeness (QED) is 0.903. The van der Waals surface area contributed by atoms with Crippen molar-refractivity contribution in [1.29, 1.82) is 0 Å². The predicted molar refractivity (Wildman–Crippen MR) is 84.8 cm³/mol. The van der Waals surface area contributed by atoms with Gasteiger partial charge in [-0.2, -0.15) is 4.31 Å². The van der Waals surface area contributed by atoms with E-state index in [-0.39, 0.29) is 0 Å². The first-order valence-electron chi connectivity index (χ1n) is 7.38. The van der Waals surface area contributed by atoms with E-state index in [1.165, 1.54) is 0 Å². The van der Waals surface area contributed by atoms with E-state index in [0.717, 1.165) is 30.6 Å². The van der Waals surface area contributed by atoms with Crippen LogP contribution < -0.4 is 5.32 Å². The fourth-order valence-corrected chi connectivity index (χ4v) is 4.46. The van der Waals surface area contributed by atoms with E-state index in [9.17, 15) is 8.42 Å². The van der Waals surface area contributed by atoms with Gasteiger partial charge in [0.05, 0.1) is 4.90 Å². The van der Waals surface area contributed by atoms with Crippen molar-refractivity contribution in [2.24, 2.45) is 0 Å². The molecule has 1 saturated heterocycles. The lowest BCUT2D eigenvalue weighted by atomic mass is 10.1. The summed E-state index contributed by atoms with van der Waals surface area (Å²) in [6, 6.07) is 5.52. The van der Waals surface area contributed by atoms with Crippen LogP contribution in [0.1, 0.15) is 17.5 Å². The molecule has 0 amide bonds. The van der Waals surface area contributed by atoms with Crippen LogP contribution in [-0.4, -0.2) is 57.9 Å². The van der Waals surface area contributed by atoms with Crippen LogP contribution in [0.3, 0.4) is 0 Å². The van der Waals surface area contributed by atoms with Gasteiger partial charge in [0.25, 0.3) is 0 Å². The van der Waals surface area contributed by atoms with Crippen LogP contribution in [-0.2, 0) is 16.6 Å². The Bertz CT molecular complexity index is 587. The molecule has 2 rings (SSSR count). The second-order valence-corrected chi connectivity index (χ2v) is 7.54. The van der Waals surface area contributed by atoms with Crippen LogP contribution in [0.15, 0.2) is 23.1 Å². The highest BCUT2D eigenvalue weighted by molar-refractivity contribution is 7.89. The molecule has 1 fully saturated rings. The van der Waals surface area contributed by atoms with Crippen molar-refractivity contribution in [3.63, 3.8) is 0 Å². The molecule has 1 N–H and O–H groups in total. The van der Waals surface area contributed by atoms with Crippen molar-refractivity contribution < 1.29 is 8.42 Å². The summed E-state index contributed by atoms with van der Waals surface area (Å²) < 4.78 is 27.4. The van der Waals surface area contributed by atoms with E-state index in [1.54, 1.807) is 10.4 Å². The van der Waals surface area contributed by atoms with E-state index in [0.29, 0.717) is 24.5 Å². The highest BCUT2D eigenvalue weighted by atomic mass is 32.2.